The number of hydrogen-bond acceptors (Lipinski definition) is 4. The van der Waals surface area contributed by atoms with Crippen molar-refractivity contribution < 1.29 is 27.9 Å². The Bertz CT molecular complexity index is 895. The maximum absolute atomic E-state index is 13.2. The van der Waals surface area contributed by atoms with Crippen LogP contribution < -0.4 is 4.90 Å². The van der Waals surface area contributed by atoms with Crippen molar-refractivity contribution in [2.24, 2.45) is 11.8 Å². The lowest BCUT2D eigenvalue weighted by Crippen LogP contribution is -2.59. The zero-order valence-electron chi connectivity index (χ0n) is 19.9. The van der Waals surface area contributed by atoms with Crippen molar-refractivity contribution in [1.29, 1.82) is 0 Å². The molecule has 10 heteroatoms. The van der Waals surface area contributed by atoms with E-state index in [2.05, 4.69) is 4.90 Å². The van der Waals surface area contributed by atoms with Gasteiger partial charge in [0.25, 0.3) is 11.8 Å². The second-order valence-corrected chi connectivity index (χ2v) is 9.94. The highest BCUT2D eigenvalue weighted by Gasteiger charge is 2.59. The fourth-order valence-corrected chi connectivity index (χ4v) is 5.31. The second kappa shape index (κ2) is 10.3. The van der Waals surface area contributed by atoms with Crippen LogP contribution in [0.5, 0.6) is 0 Å². The van der Waals surface area contributed by atoms with Crippen LogP contribution in [0, 0.1) is 11.8 Å². The fourth-order valence-electron chi connectivity index (χ4n) is 5.05. The number of amides is 2. The van der Waals surface area contributed by atoms with Gasteiger partial charge >= 0.3 is 6.18 Å². The molecule has 0 aromatic heterocycles. The smallest absolute Gasteiger partial charge is 0.373 e. The number of alkyl halides is 3. The number of carbonyl (C=O) groups excluding carboxylic acids is 2. The van der Waals surface area contributed by atoms with Gasteiger partial charge in [-0.05, 0) is 62.1 Å². The standard InChI is InChI=1S/C24H33ClF3N3O3/c1-4-23(34,24(26,27)28)22(33)31-13-9-17(10-14-31)16-7-11-30(12-8-16)18-5-6-19(20(25)15-18)21(32)29(2)3/h5-6,15-17,34H,4,7-14H2,1-3H3. The Morgan fingerprint density at radius 1 is 1.06 bits per heavy atom. The molecule has 6 nitrogen and oxygen atoms in total. The van der Waals surface area contributed by atoms with Crippen LogP contribution in [0.4, 0.5) is 18.9 Å². The van der Waals surface area contributed by atoms with E-state index in [1.54, 1.807) is 20.2 Å². The Morgan fingerprint density at radius 2 is 1.59 bits per heavy atom. The monoisotopic (exact) mass is 503 g/mol. The molecular formula is C24H33ClF3N3O3. The summed E-state index contributed by atoms with van der Waals surface area (Å²) in [6.45, 7) is 3.29. The van der Waals surface area contributed by atoms with Crippen LogP contribution >= 0.6 is 11.6 Å². The van der Waals surface area contributed by atoms with Crippen LogP contribution in [-0.4, -0.2) is 78.8 Å². The van der Waals surface area contributed by atoms with Gasteiger partial charge in [-0.3, -0.25) is 9.59 Å². The highest BCUT2D eigenvalue weighted by atomic mass is 35.5. The summed E-state index contributed by atoms with van der Waals surface area (Å²) in [5, 5.41) is 10.4. The lowest BCUT2D eigenvalue weighted by molar-refractivity contribution is -0.257. The quantitative estimate of drug-likeness (QED) is 0.654. The van der Waals surface area contributed by atoms with Crippen LogP contribution in [0.15, 0.2) is 18.2 Å². The number of piperidine rings is 2. The molecule has 1 aromatic rings. The Labute approximate surface area is 203 Å². The molecular weight excluding hydrogens is 471 g/mol. The number of aliphatic hydroxyl groups is 1. The van der Waals surface area contributed by atoms with Gasteiger partial charge in [-0.25, -0.2) is 0 Å². The van der Waals surface area contributed by atoms with E-state index in [-0.39, 0.29) is 19.0 Å². The molecule has 2 heterocycles. The number of halogens is 4. The van der Waals surface area contributed by atoms with E-state index >= 15 is 0 Å². The molecule has 3 rings (SSSR count). The molecule has 0 spiro atoms. The summed E-state index contributed by atoms with van der Waals surface area (Å²) in [5.41, 5.74) is -1.88. The second-order valence-electron chi connectivity index (χ2n) is 9.53. The molecule has 2 saturated heterocycles. The molecule has 1 N–H and O–H groups in total. The van der Waals surface area contributed by atoms with Crippen LogP contribution in [0.25, 0.3) is 0 Å². The van der Waals surface area contributed by atoms with Gasteiger partial charge in [0.15, 0.2) is 0 Å². The van der Waals surface area contributed by atoms with E-state index in [4.69, 9.17) is 11.6 Å². The number of nitrogens with zero attached hydrogens (tertiary/aromatic N) is 3. The lowest BCUT2D eigenvalue weighted by Gasteiger charge is -2.42. The highest BCUT2D eigenvalue weighted by molar-refractivity contribution is 6.34. The van der Waals surface area contributed by atoms with Crippen LogP contribution in [0.2, 0.25) is 5.02 Å². The third-order valence-corrected chi connectivity index (χ3v) is 7.63. The summed E-state index contributed by atoms with van der Waals surface area (Å²) >= 11 is 6.35. The van der Waals surface area contributed by atoms with Gasteiger partial charge in [0.2, 0.25) is 5.60 Å². The number of rotatable bonds is 5. The van der Waals surface area contributed by atoms with E-state index in [0.29, 0.717) is 35.3 Å². The predicted molar refractivity (Wildman–Crippen MR) is 125 cm³/mol. The molecule has 2 aliphatic rings. The molecule has 1 aromatic carbocycles. The first-order valence-electron chi connectivity index (χ1n) is 11.7. The van der Waals surface area contributed by atoms with E-state index < -0.39 is 24.1 Å². The van der Waals surface area contributed by atoms with Crippen LogP contribution in [0.1, 0.15) is 49.4 Å². The Balaban J connectivity index is 1.54. The largest absolute Gasteiger partial charge is 0.426 e. The topological polar surface area (TPSA) is 64.1 Å². The molecule has 0 saturated carbocycles. The first-order valence-corrected chi connectivity index (χ1v) is 12.1. The predicted octanol–water partition coefficient (Wildman–Crippen LogP) is 4.20. The number of benzene rings is 1. The molecule has 2 amide bonds. The first kappa shape index (κ1) is 26.6. The molecule has 0 aliphatic carbocycles. The minimum absolute atomic E-state index is 0.146. The average Bonchev–Trinajstić information content (AvgIpc) is 2.82. The van der Waals surface area contributed by atoms with E-state index in [9.17, 15) is 27.9 Å². The summed E-state index contributed by atoms with van der Waals surface area (Å²) in [5.74, 6) is -0.599. The van der Waals surface area contributed by atoms with Gasteiger partial charge in [-0.1, -0.05) is 18.5 Å². The Morgan fingerprint density at radius 3 is 2.03 bits per heavy atom. The minimum Gasteiger partial charge on any atom is -0.373 e. The summed E-state index contributed by atoms with van der Waals surface area (Å²) in [7, 11) is 3.36. The van der Waals surface area contributed by atoms with Crippen molar-refractivity contribution in [2.45, 2.75) is 50.8 Å². The highest BCUT2D eigenvalue weighted by Crippen LogP contribution is 2.38. The zero-order chi connectivity index (χ0) is 25.3. The van der Waals surface area contributed by atoms with Gasteiger partial charge in [0.1, 0.15) is 0 Å². The fraction of sp³-hybridized carbons (Fsp3) is 0.667. The molecule has 190 valence electrons. The third-order valence-electron chi connectivity index (χ3n) is 7.32. The van der Waals surface area contributed by atoms with E-state index in [1.807, 2.05) is 12.1 Å². The molecule has 1 unspecified atom stereocenters. The number of anilines is 1. The number of hydrogen-bond donors (Lipinski definition) is 1. The van der Waals surface area contributed by atoms with Crippen LogP contribution in [-0.2, 0) is 4.79 Å². The van der Waals surface area contributed by atoms with Crippen molar-refractivity contribution in [3.05, 3.63) is 28.8 Å². The molecule has 2 fully saturated rings. The Hall–Kier alpha value is -2.00. The normalized spacial score (nSPS) is 20.2. The van der Waals surface area contributed by atoms with Gasteiger partial charge in [-0.2, -0.15) is 13.2 Å². The van der Waals surface area contributed by atoms with Crippen molar-refractivity contribution in [3.63, 3.8) is 0 Å². The van der Waals surface area contributed by atoms with Crippen molar-refractivity contribution in [2.75, 3.05) is 45.2 Å². The van der Waals surface area contributed by atoms with E-state index in [0.717, 1.165) is 31.6 Å². The van der Waals surface area contributed by atoms with Crippen LogP contribution in [0.3, 0.4) is 0 Å². The average molecular weight is 504 g/mol. The van der Waals surface area contributed by atoms with Gasteiger partial charge in [0, 0.05) is 46.0 Å². The zero-order valence-corrected chi connectivity index (χ0v) is 20.6. The van der Waals surface area contributed by atoms with Gasteiger partial charge < -0.3 is 19.8 Å². The molecule has 0 radical (unpaired) electrons. The summed E-state index contributed by atoms with van der Waals surface area (Å²) in [6.07, 6.45) is -2.51. The summed E-state index contributed by atoms with van der Waals surface area (Å²) in [4.78, 5) is 29.5. The number of likely N-dealkylation sites (tertiary alicyclic amines) is 1. The maximum atomic E-state index is 13.2. The Kier molecular flexibility index (Phi) is 8.07. The van der Waals surface area contributed by atoms with Gasteiger partial charge in [0.05, 0.1) is 10.6 Å². The molecule has 1 atom stereocenters. The lowest BCUT2D eigenvalue weighted by atomic mass is 9.78. The van der Waals surface area contributed by atoms with E-state index in [1.165, 1.54) is 16.7 Å². The minimum atomic E-state index is -4.98. The summed E-state index contributed by atoms with van der Waals surface area (Å²) in [6, 6.07) is 5.47. The van der Waals surface area contributed by atoms with Crippen molar-refractivity contribution in [1.82, 2.24) is 9.80 Å². The SMILES string of the molecule is CCC(O)(C(=O)N1CCC(C2CCN(c3ccc(C(=O)N(C)C)c(Cl)c3)CC2)CC1)C(F)(F)F. The number of carbonyl (C=O) groups is 2. The first-order chi connectivity index (χ1) is 15.9. The molecule has 2 aliphatic heterocycles. The van der Waals surface area contributed by atoms with Gasteiger partial charge in [-0.15, -0.1) is 0 Å². The molecule has 0 bridgehead atoms. The molecule has 34 heavy (non-hydrogen) atoms. The maximum Gasteiger partial charge on any atom is 0.426 e. The van der Waals surface area contributed by atoms with Crippen molar-refractivity contribution >= 4 is 29.1 Å². The summed E-state index contributed by atoms with van der Waals surface area (Å²) < 4.78 is 39.7. The van der Waals surface area contributed by atoms with Crippen molar-refractivity contribution in [3.8, 4) is 0 Å². The third kappa shape index (κ3) is 5.30.